The minimum Gasteiger partial charge on any atom is -0.482 e. The zero-order chi connectivity index (χ0) is 23.5. The largest absolute Gasteiger partial charge is 0.482 e. The van der Waals surface area contributed by atoms with Gasteiger partial charge in [-0.1, -0.05) is 62.0 Å². The molecule has 2 heterocycles. The van der Waals surface area contributed by atoms with E-state index in [1.807, 2.05) is 48.2 Å². The minimum absolute atomic E-state index is 0.0972. The second kappa shape index (κ2) is 10.00. The minimum atomic E-state index is -0.268. The Morgan fingerprint density at radius 1 is 1.03 bits per heavy atom. The van der Waals surface area contributed by atoms with Gasteiger partial charge in [0, 0.05) is 18.3 Å². The average Bonchev–Trinajstić information content (AvgIpc) is 3.42. The van der Waals surface area contributed by atoms with Crippen LogP contribution in [0, 0.1) is 0 Å². The highest BCUT2D eigenvalue weighted by Crippen LogP contribution is 2.33. The standard InChI is InChI=1S/C26H32N4O2S/c1-17(2)21-11-7-9-13-23(21)32-19(5)25-27-28-26(30(25)18(3)4)33-16-24(31)29-15-14-20-10-6-8-12-22(20)29/h6-13,17-19H,14-16H2,1-5H3. The summed E-state index contributed by atoms with van der Waals surface area (Å²) in [5, 5.41) is 9.63. The second-order valence-electron chi connectivity index (χ2n) is 8.97. The fourth-order valence-corrected chi connectivity index (χ4v) is 5.21. The highest BCUT2D eigenvalue weighted by molar-refractivity contribution is 7.99. The van der Waals surface area contributed by atoms with E-state index in [-0.39, 0.29) is 18.1 Å². The molecule has 1 aliphatic rings. The molecule has 2 aromatic carbocycles. The lowest BCUT2D eigenvalue weighted by molar-refractivity contribution is -0.116. The van der Waals surface area contributed by atoms with Gasteiger partial charge >= 0.3 is 0 Å². The quantitative estimate of drug-likeness (QED) is 0.394. The molecule has 33 heavy (non-hydrogen) atoms. The molecule has 174 valence electrons. The molecule has 7 heteroatoms. The van der Waals surface area contributed by atoms with E-state index < -0.39 is 0 Å². The summed E-state index contributed by atoms with van der Waals surface area (Å²) in [7, 11) is 0. The highest BCUT2D eigenvalue weighted by Gasteiger charge is 2.26. The first-order valence-electron chi connectivity index (χ1n) is 11.6. The lowest BCUT2D eigenvalue weighted by atomic mass is 10.0. The van der Waals surface area contributed by atoms with Crippen molar-refractivity contribution in [3.05, 3.63) is 65.5 Å². The normalized spacial score (nSPS) is 14.1. The van der Waals surface area contributed by atoms with Gasteiger partial charge in [0.05, 0.1) is 5.75 Å². The van der Waals surface area contributed by atoms with Gasteiger partial charge in [0.2, 0.25) is 5.91 Å². The van der Waals surface area contributed by atoms with Crippen molar-refractivity contribution in [2.24, 2.45) is 0 Å². The molecule has 0 fully saturated rings. The van der Waals surface area contributed by atoms with Crippen molar-refractivity contribution in [2.75, 3.05) is 17.2 Å². The summed E-state index contributed by atoms with van der Waals surface area (Å²) >= 11 is 1.44. The molecule has 0 spiro atoms. The van der Waals surface area contributed by atoms with Crippen molar-refractivity contribution in [1.29, 1.82) is 0 Å². The molecule has 1 aromatic heterocycles. The van der Waals surface area contributed by atoms with Crippen molar-refractivity contribution in [1.82, 2.24) is 14.8 Å². The van der Waals surface area contributed by atoms with Crippen LogP contribution in [0.2, 0.25) is 0 Å². The molecule has 3 aromatic rings. The maximum atomic E-state index is 13.0. The Balaban J connectivity index is 1.49. The smallest absolute Gasteiger partial charge is 0.237 e. The van der Waals surface area contributed by atoms with Crippen LogP contribution in [-0.2, 0) is 11.2 Å². The Labute approximate surface area is 200 Å². The van der Waals surface area contributed by atoms with E-state index in [1.165, 1.54) is 22.9 Å². The number of rotatable bonds is 8. The number of amides is 1. The summed E-state index contributed by atoms with van der Waals surface area (Å²) in [4.78, 5) is 14.9. The molecule has 1 amide bonds. The van der Waals surface area contributed by atoms with Gasteiger partial charge in [-0.3, -0.25) is 4.79 Å². The maximum absolute atomic E-state index is 13.0. The van der Waals surface area contributed by atoms with E-state index >= 15 is 0 Å². The number of nitrogens with zero attached hydrogens (tertiary/aromatic N) is 4. The van der Waals surface area contributed by atoms with Crippen molar-refractivity contribution in [3.8, 4) is 5.75 Å². The monoisotopic (exact) mass is 464 g/mol. The Hall–Kier alpha value is -2.80. The van der Waals surface area contributed by atoms with Crippen LogP contribution in [0.15, 0.2) is 53.7 Å². The van der Waals surface area contributed by atoms with Gasteiger partial charge in [-0.15, -0.1) is 10.2 Å². The number of carbonyl (C=O) groups is 1. The topological polar surface area (TPSA) is 60.3 Å². The number of thioether (sulfide) groups is 1. The zero-order valence-electron chi connectivity index (χ0n) is 20.0. The molecular weight excluding hydrogens is 432 g/mol. The molecule has 0 saturated heterocycles. The number of aromatic nitrogens is 3. The van der Waals surface area contributed by atoms with Crippen molar-refractivity contribution in [2.45, 2.75) is 64.3 Å². The van der Waals surface area contributed by atoms with Crippen LogP contribution in [-0.4, -0.2) is 33.0 Å². The summed E-state index contributed by atoms with van der Waals surface area (Å²) in [6.45, 7) is 11.3. The molecule has 6 nitrogen and oxygen atoms in total. The number of ether oxygens (including phenoxy) is 1. The Morgan fingerprint density at radius 3 is 2.52 bits per heavy atom. The fourth-order valence-electron chi connectivity index (χ4n) is 4.26. The van der Waals surface area contributed by atoms with Crippen molar-refractivity contribution < 1.29 is 9.53 Å². The average molecular weight is 465 g/mol. The van der Waals surface area contributed by atoms with Gasteiger partial charge in [-0.2, -0.15) is 0 Å². The van der Waals surface area contributed by atoms with Crippen LogP contribution >= 0.6 is 11.8 Å². The summed E-state index contributed by atoms with van der Waals surface area (Å²) in [5.41, 5.74) is 3.43. The first kappa shape index (κ1) is 23.4. The first-order chi connectivity index (χ1) is 15.9. The van der Waals surface area contributed by atoms with Crippen LogP contribution < -0.4 is 9.64 Å². The molecule has 4 rings (SSSR count). The van der Waals surface area contributed by atoms with Gasteiger partial charge in [-0.05, 0) is 56.4 Å². The number of para-hydroxylation sites is 2. The van der Waals surface area contributed by atoms with Crippen LogP contribution in [0.5, 0.6) is 5.75 Å². The molecular formula is C26H32N4O2S. The Bertz CT molecular complexity index is 1120. The summed E-state index contributed by atoms with van der Waals surface area (Å²) < 4.78 is 8.42. The SMILES string of the molecule is CC(C)c1ccccc1OC(C)c1nnc(SCC(=O)N2CCc3ccccc32)n1C(C)C. The number of fused-ring (bicyclic) bond motifs is 1. The summed E-state index contributed by atoms with van der Waals surface area (Å²) in [6, 6.07) is 16.4. The van der Waals surface area contributed by atoms with E-state index in [2.05, 4.69) is 54.6 Å². The molecule has 1 atom stereocenters. The number of benzene rings is 2. The van der Waals surface area contributed by atoms with Crippen LogP contribution in [0.3, 0.4) is 0 Å². The zero-order valence-corrected chi connectivity index (χ0v) is 20.8. The fraction of sp³-hybridized carbons (Fsp3) is 0.423. The van der Waals surface area contributed by atoms with Gasteiger partial charge < -0.3 is 14.2 Å². The maximum Gasteiger partial charge on any atom is 0.237 e. The third-order valence-corrected chi connectivity index (χ3v) is 6.86. The van der Waals surface area contributed by atoms with Gasteiger partial charge in [0.15, 0.2) is 17.1 Å². The molecule has 0 saturated carbocycles. The van der Waals surface area contributed by atoms with Gasteiger partial charge in [-0.25, -0.2) is 0 Å². The lowest BCUT2D eigenvalue weighted by Gasteiger charge is -2.21. The summed E-state index contributed by atoms with van der Waals surface area (Å²) in [6.07, 6.45) is 0.640. The number of anilines is 1. The van der Waals surface area contributed by atoms with Crippen molar-refractivity contribution in [3.63, 3.8) is 0 Å². The molecule has 1 aliphatic heterocycles. The van der Waals surface area contributed by atoms with Gasteiger partial charge in [0.1, 0.15) is 5.75 Å². The predicted molar refractivity (Wildman–Crippen MR) is 133 cm³/mol. The number of carbonyl (C=O) groups excluding carboxylic acids is 1. The first-order valence-corrected chi connectivity index (χ1v) is 12.6. The van der Waals surface area contributed by atoms with E-state index in [4.69, 9.17) is 4.74 Å². The number of hydrogen-bond acceptors (Lipinski definition) is 5. The molecule has 0 N–H and O–H groups in total. The molecule has 0 bridgehead atoms. The van der Waals surface area contributed by atoms with Crippen molar-refractivity contribution >= 4 is 23.4 Å². The van der Waals surface area contributed by atoms with Crippen LogP contribution in [0.25, 0.3) is 0 Å². The van der Waals surface area contributed by atoms with Crippen LogP contribution in [0.1, 0.15) is 69.6 Å². The van der Waals surface area contributed by atoms with E-state index in [9.17, 15) is 4.79 Å². The molecule has 0 aliphatic carbocycles. The Kier molecular flexibility index (Phi) is 7.08. The number of hydrogen-bond donors (Lipinski definition) is 0. The highest BCUT2D eigenvalue weighted by atomic mass is 32.2. The van der Waals surface area contributed by atoms with Crippen LogP contribution in [0.4, 0.5) is 5.69 Å². The van der Waals surface area contributed by atoms with Gasteiger partial charge in [0.25, 0.3) is 0 Å². The lowest BCUT2D eigenvalue weighted by Crippen LogP contribution is -2.30. The van der Waals surface area contributed by atoms with E-state index in [1.54, 1.807) is 0 Å². The molecule has 1 unspecified atom stereocenters. The second-order valence-corrected chi connectivity index (χ2v) is 9.91. The van der Waals surface area contributed by atoms with E-state index in [0.717, 1.165) is 35.4 Å². The summed E-state index contributed by atoms with van der Waals surface area (Å²) in [5.74, 6) is 2.43. The van der Waals surface area contributed by atoms with E-state index in [0.29, 0.717) is 11.7 Å². The Morgan fingerprint density at radius 2 is 1.76 bits per heavy atom. The third kappa shape index (κ3) is 4.93. The molecule has 0 radical (unpaired) electrons. The predicted octanol–water partition coefficient (Wildman–Crippen LogP) is 5.80. The third-order valence-electron chi connectivity index (χ3n) is 5.93.